The molecule has 4 rings (SSSR count). The number of rotatable bonds is 5. The Kier molecular flexibility index (Phi) is 4.79. The second-order valence-electron chi connectivity index (χ2n) is 6.11. The molecule has 3 nitrogen and oxygen atoms in total. The van der Waals surface area contributed by atoms with Crippen LogP contribution >= 0.6 is 0 Å². The van der Waals surface area contributed by atoms with Crippen LogP contribution in [-0.4, -0.2) is 28.0 Å². The minimum atomic E-state index is 0.0226. The third-order valence-corrected chi connectivity index (χ3v) is 7.18. The zero-order valence-electron chi connectivity index (χ0n) is 14.4. The number of nitrogens with zero attached hydrogens (tertiary/aromatic N) is 1. The average molecular weight is 408 g/mol. The van der Waals surface area contributed by atoms with E-state index in [9.17, 15) is 4.79 Å². The Morgan fingerprint density at radius 3 is 2.08 bits per heavy atom. The first-order valence-electron chi connectivity index (χ1n) is 8.52. The van der Waals surface area contributed by atoms with Crippen molar-refractivity contribution in [2.75, 3.05) is 12.0 Å². The molecule has 1 heterocycles. The van der Waals surface area contributed by atoms with E-state index in [0.29, 0.717) is 0 Å². The zero-order valence-corrected chi connectivity index (χ0v) is 16.1. The number of ether oxygens (including phenoxy) is 1. The summed E-state index contributed by atoms with van der Waals surface area (Å²) >= 11 is 0.0990. The topological polar surface area (TPSA) is 29.5 Å². The summed E-state index contributed by atoms with van der Waals surface area (Å²) in [6.07, 6.45) is 0. The molecule has 0 aliphatic carbocycles. The van der Waals surface area contributed by atoms with E-state index < -0.39 is 0 Å². The Balaban J connectivity index is 1.66. The van der Waals surface area contributed by atoms with Gasteiger partial charge in [0, 0.05) is 0 Å². The van der Waals surface area contributed by atoms with Crippen LogP contribution in [0.5, 0.6) is 5.75 Å². The van der Waals surface area contributed by atoms with Crippen LogP contribution in [0.1, 0.15) is 11.6 Å². The fraction of sp³-hybridized carbons (Fsp3) is 0.136. The number of hydrogen-bond acceptors (Lipinski definition) is 2. The van der Waals surface area contributed by atoms with Gasteiger partial charge in [0.2, 0.25) is 0 Å². The molecule has 3 aromatic rings. The summed E-state index contributed by atoms with van der Waals surface area (Å²) in [5.74, 6) is 0.996. The third-order valence-electron chi connectivity index (χ3n) is 4.54. The number of β-lactam (4-membered cyclic amide) rings is 1. The Bertz CT molecular complexity index is 881. The zero-order chi connectivity index (χ0) is 17.9. The Morgan fingerprint density at radius 1 is 0.846 bits per heavy atom. The fourth-order valence-corrected chi connectivity index (χ4v) is 5.81. The molecule has 0 bridgehead atoms. The van der Waals surface area contributed by atoms with Crippen molar-refractivity contribution in [3.63, 3.8) is 0 Å². The van der Waals surface area contributed by atoms with E-state index in [1.807, 2.05) is 65.6 Å². The van der Waals surface area contributed by atoms with Crippen LogP contribution in [-0.2, 0) is 4.79 Å². The molecule has 1 fully saturated rings. The predicted molar refractivity (Wildman–Crippen MR) is 105 cm³/mol. The molecule has 0 saturated carbocycles. The van der Waals surface area contributed by atoms with E-state index >= 15 is 0 Å². The second-order valence-corrected chi connectivity index (χ2v) is 8.66. The van der Waals surface area contributed by atoms with E-state index in [-0.39, 0.29) is 31.7 Å². The van der Waals surface area contributed by atoms with Crippen molar-refractivity contribution >= 4 is 31.0 Å². The minimum absolute atomic E-state index is 0.0226. The first-order chi connectivity index (χ1) is 12.8. The maximum absolute atomic E-state index is 13.0. The van der Waals surface area contributed by atoms with Gasteiger partial charge in [0.05, 0.1) is 0 Å². The number of amides is 1. The number of carbonyl (C=O) groups is 1. The molecule has 0 unspecified atom stereocenters. The van der Waals surface area contributed by atoms with Crippen molar-refractivity contribution in [2.24, 2.45) is 0 Å². The molecule has 1 aliphatic heterocycles. The summed E-state index contributed by atoms with van der Waals surface area (Å²) in [7, 11) is 1.65. The molecule has 26 heavy (non-hydrogen) atoms. The summed E-state index contributed by atoms with van der Waals surface area (Å²) < 4.78 is 6.50. The van der Waals surface area contributed by atoms with E-state index in [0.717, 1.165) is 11.4 Å². The average Bonchev–Trinajstić information content (AvgIpc) is 2.71. The van der Waals surface area contributed by atoms with Crippen molar-refractivity contribution in [2.45, 2.75) is 10.9 Å². The van der Waals surface area contributed by atoms with Crippen LogP contribution in [0.4, 0.5) is 5.69 Å². The van der Waals surface area contributed by atoms with Crippen LogP contribution in [0.3, 0.4) is 0 Å². The van der Waals surface area contributed by atoms with Gasteiger partial charge in [-0.15, -0.1) is 0 Å². The van der Waals surface area contributed by atoms with Crippen LogP contribution in [0.25, 0.3) is 0 Å². The molecule has 0 radical (unpaired) electrons. The summed E-state index contributed by atoms with van der Waals surface area (Å²) in [4.78, 5) is 15.0. The van der Waals surface area contributed by atoms with Gasteiger partial charge in [0.1, 0.15) is 0 Å². The molecule has 1 amide bonds. The number of benzene rings is 3. The van der Waals surface area contributed by atoms with Crippen LogP contribution in [0.15, 0.2) is 84.9 Å². The molecule has 2 atom stereocenters. The first-order valence-corrected chi connectivity index (χ1v) is 10.4. The van der Waals surface area contributed by atoms with Gasteiger partial charge in [-0.1, -0.05) is 0 Å². The van der Waals surface area contributed by atoms with Gasteiger partial charge in [0.25, 0.3) is 0 Å². The number of methoxy groups -OCH3 is 1. The van der Waals surface area contributed by atoms with E-state index in [1.54, 1.807) is 7.11 Å². The summed E-state index contributed by atoms with van der Waals surface area (Å²) in [6, 6.07) is 28.4. The normalized spacial score (nSPS) is 19.1. The molecule has 4 heteroatoms. The summed E-state index contributed by atoms with van der Waals surface area (Å²) in [5.41, 5.74) is 2.11. The molecular formula is C22H19NO2Se. The van der Waals surface area contributed by atoms with Gasteiger partial charge < -0.3 is 0 Å². The van der Waals surface area contributed by atoms with Gasteiger partial charge in [-0.05, 0) is 0 Å². The molecule has 130 valence electrons. The second kappa shape index (κ2) is 7.36. The molecule has 1 saturated heterocycles. The van der Waals surface area contributed by atoms with Crippen LogP contribution in [0, 0.1) is 0 Å². The monoisotopic (exact) mass is 409 g/mol. The molecule has 0 spiro atoms. The standard InChI is InChI=1S/C22H19NO2Se/c1-25-18-14-12-17(13-15-18)23-20(16-8-4-2-5-9-16)21(22(23)24)26-19-10-6-3-7-11-19/h2-15,20-21H,1H3/t20-,21-/m1/s1. The molecular weight excluding hydrogens is 389 g/mol. The van der Waals surface area contributed by atoms with Gasteiger partial charge >= 0.3 is 160 Å². The number of anilines is 1. The Hall–Kier alpha value is -2.55. The predicted octanol–water partition coefficient (Wildman–Crippen LogP) is 3.60. The van der Waals surface area contributed by atoms with Crippen molar-refractivity contribution in [1.29, 1.82) is 0 Å². The van der Waals surface area contributed by atoms with Gasteiger partial charge in [-0.25, -0.2) is 0 Å². The van der Waals surface area contributed by atoms with Crippen molar-refractivity contribution in [1.82, 2.24) is 0 Å². The van der Waals surface area contributed by atoms with Gasteiger partial charge in [-0.2, -0.15) is 0 Å². The molecule has 1 aliphatic rings. The Morgan fingerprint density at radius 2 is 1.46 bits per heavy atom. The fourth-order valence-electron chi connectivity index (χ4n) is 3.23. The van der Waals surface area contributed by atoms with Crippen molar-refractivity contribution < 1.29 is 9.53 Å². The molecule has 0 aromatic heterocycles. The van der Waals surface area contributed by atoms with Crippen molar-refractivity contribution in [3.05, 3.63) is 90.5 Å². The number of carbonyl (C=O) groups excluding carboxylic acids is 1. The SMILES string of the molecule is COc1ccc(N2C(=O)[C@H]([Se]c3ccccc3)[C@H]2c2ccccc2)cc1. The molecule has 0 N–H and O–H groups in total. The van der Waals surface area contributed by atoms with E-state index in [2.05, 4.69) is 24.3 Å². The van der Waals surface area contributed by atoms with Crippen LogP contribution < -0.4 is 14.1 Å². The quantitative estimate of drug-likeness (QED) is 0.477. The summed E-state index contributed by atoms with van der Waals surface area (Å²) in [5, 5.41) is 0. The van der Waals surface area contributed by atoms with Crippen molar-refractivity contribution in [3.8, 4) is 5.75 Å². The van der Waals surface area contributed by atoms with Crippen LogP contribution in [0.2, 0.25) is 4.82 Å². The number of hydrogen-bond donors (Lipinski definition) is 0. The first kappa shape index (κ1) is 16.9. The molecule has 3 aromatic carbocycles. The van der Waals surface area contributed by atoms with E-state index in [4.69, 9.17) is 4.74 Å². The summed E-state index contributed by atoms with van der Waals surface area (Å²) in [6.45, 7) is 0. The maximum atomic E-state index is 13.0. The Labute approximate surface area is 159 Å². The third kappa shape index (κ3) is 3.14. The van der Waals surface area contributed by atoms with Gasteiger partial charge in [0.15, 0.2) is 0 Å². The van der Waals surface area contributed by atoms with Gasteiger partial charge in [-0.3, -0.25) is 0 Å². The van der Waals surface area contributed by atoms with E-state index in [1.165, 1.54) is 10.0 Å².